The van der Waals surface area contributed by atoms with Gasteiger partial charge in [-0.3, -0.25) is 9.48 Å². The Hall–Kier alpha value is -3.03. The van der Waals surface area contributed by atoms with Crippen LogP contribution in [0.1, 0.15) is 23.0 Å². The molecule has 2 aromatic rings. The van der Waals surface area contributed by atoms with Gasteiger partial charge in [0.2, 0.25) is 0 Å². The third-order valence-electron chi connectivity index (χ3n) is 3.50. The van der Waals surface area contributed by atoms with E-state index in [1.807, 2.05) is 20.0 Å². The minimum Gasteiger partial charge on any atom is -0.508 e. The average molecular weight is 344 g/mol. The number of carbonyl (C=O) groups excluding carboxylic acids is 1. The molecule has 0 saturated carbocycles. The van der Waals surface area contributed by atoms with Gasteiger partial charge >= 0.3 is 0 Å². The fourth-order valence-electron chi connectivity index (χ4n) is 2.13. The highest BCUT2D eigenvalue weighted by Gasteiger charge is 2.05. The van der Waals surface area contributed by atoms with Crippen molar-refractivity contribution in [2.75, 3.05) is 19.6 Å². The van der Waals surface area contributed by atoms with Crippen LogP contribution in [-0.4, -0.2) is 46.4 Å². The molecule has 8 nitrogen and oxygen atoms in total. The number of nitrogens with one attached hydrogen (secondary N) is 3. The van der Waals surface area contributed by atoms with Crippen molar-refractivity contribution in [1.29, 1.82) is 0 Å². The van der Waals surface area contributed by atoms with Crippen LogP contribution in [0.3, 0.4) is 0 Å². The third-order valence-corrected chi connectivity index (χ3v) is 3.50. The summed E-state index contributed by atoms with van der Waals surface area (Å²) in [6.07, 6.45) is 1.74. The average Bonchev–Trinajstić information content (AvgIpc) is 3.02. The summed E-state index contributed by atoms with van der Waals surface area (Å²) in [6, 6.07) is 8.06. The Morgan fingerprint density at radius 3 is 2.52 bits per heavy atom. The van der Waals surface area contributed by atoms with Gasteiger partial charge in [-0.25, -0.2) is 4.99 Å². The van der Waals surface area contributed by atoms with Crippen molar-refractivity contribution in [2.24, 2.45) is 12.0 Å². The molecule has 1 amide bonds. The van der Waals surface area contributed by atoms with Crippen molar-refractivity contribution in [1.82, 2.24) is 25.7 Å². The molecule has 0 aliphatic carbocycles. The summed E-state index contributed by atoms with van der Waals surface area (Å²) in [5.41, 5.74) is 1.52. The van der Waals surface area contributed by atoms with E-state index < -0.39 is 0 Å². The SMILES string of the molecule is CCNC(=NCc1ccnn1C)NCCNC(=O)c1ccc(O)cc1. The lowest BCUT2D eigenvalue weighted by Gasteiger charge is -2.12. The number of aromatic nitrogens is 2. The molecule has 134 valence electrons. The number of hydrogen-bond acceptors (Lipinski definition) is 4. The van der Waals surface area contributed by atoms with Gasteiger partial charge in [0.1, 0.15) is 5.75 Å². The van der Waals surface area contributed by atoms with Crippen molar-refractivity contribution >= 4 is 11.9 Å². The molecular formula is C17H24N6O2. The molecule has 0 spiro atoms. The van der Waals surface area contributed by atoms with Crippen LogP contribution in [0.5, 0.6) is 5.75 Å². The molecule has 0 aliphatic rings. The smallest absolute Gasteiger partial charge is 0.251 e. The Kier molecular flexibility index (Phi) is 6.82. The second-order valence-electron chi connectivity index (χ2n) is 5.37. The summed E-state index contributed by atoms with van der Waals surface area (Å²) in [4.78, 5) is 16.5. The van der Waals surface area contributed by atoms with E-state index in [2.05, 4.69) is 26.0 Å². The number of phenols is 1. The first-order valence-corrected chi connectivity index (χ1v) is 8.16. The zero-order valence-corrected chi connectivity index (χ0v) is 14.5. The van der Waals surface area contributed by atoms with E-state index in [1.165, 1.54) is 12.1 Å². The maximum Gasteiger partial charge on any atom is 0.251 e. The number of aromatic hydroxyl groups is 1. The number of aliphatic imine (C=N–C) groups is 1. The van der Waals surface area contributed by atoms with Gasteiger partial charge in [-0.1, -0.05) is 0 Å². The lowest BCUT2D eigenvalue weighted by Crippen LogP contribution is -2.41. The van der Waals surface area contributed by atoms with Crippen LogP contribution in [0.15, 0.2) is 41.5 Å². The summed E-state index contributed by atoms with van der Waals surface area (Å²) in [5, 5.41) is 22.5. The topological polar surface area (TPSA) is 104 Å². The molecule has 2 rings (SSSR count). The number of carbonyl (C=O) groups is 1. The molecule has 0 bridgehead atoms. The Morgan fingerprint density at radius 1 is 1.16 bits per heavy atom. The molecule has 1 heterocycles. The minimum absolute atomic E-state index is 0.137. The van der Waals surface area contributed by atoms with Crippen LogP contribution < -0.4 is 16.0 Å². The van der Waals surface area contributed by atoms with Gasteiger partial charge in [-0.05, 0) is 37.3 Å². The van der Waals surface area contributed by atoms with Crippen LogP contribution >= 0.6 is 0 Å². The van der Waals surface area contributed by atoms with Crippen LogP contribution in [0, 0.1) is 0 Å². The Balaban J connectivity index is 1.78. The fourth-order valence-corrected chi connectivity index (χ4v) is 2.13. The maximum atomic E-state index is 12.0. The van der Waals surface area contributed by atoms with E-state index in [0.717, 1.165) is 12.2 Å². The van der Waals surface area contributed by atoms with Gasteiger partial charge in [-0.15, -0.1) is 0 Å². The predicted octanol–water partition coefficient (Wildman–Crippen LogP) is 0.611. The zero-order valence-electron chi connectivity index (χ0n) is 14.5. The monoisotopic (exact) mass is 344 g/mol. The zero-order chi connectivity index (χ0) is 18.1. The fraction of sp³-hybridized carbons (Fsp3) is 0.353. The molecule has 0 fully saturated rings. The summed E-state index contributed by atoms with van der Waals surface area (Å²) in [7, 11) is 1.88. The number of hydrogen-bond donors (Lipinski definition) is 4. The Bertz CT molecular complexity index is 708. The summed E-state index contributed by atoms with van der Waals surface area (Å²) >= 11 is 0. The number of phenolic OH excluding ortho intramolecular Hbond substituents is 1. The Morgan fingerprint density at radius 2 is 1.88 bits per heavy atom. The predicted molar refractivity (Wildman–Crippen MR) is 96.5 cm³/mol. The van der Waals surface area contributed by atoms with Crippen molar-refractivity contribution in [2.45, 2.75) is 13.5 Å². The molecule has 1 aromatic carbocycles. The molecule has 25 heavy (non-hydrogen) atoms. The van der Waals surface area contributed by atoms with Crippen molar-refractivity contribution in [3.63, 3.8) is 0 Å². The summed E-state index contributed by atoms with van der Waals surface area (Å²) in [5.74, 6) is 0.638. The largest absolute Gasteiger partial charge is 0.508 e. The van der Waals surface area contributed by atoms with Crippen LogP contribution in [0.25, 0.3) is 0 Å². The molecule has 0 saturated heterocycles. The number of guanidine groups is 1. The molecule has 4 N–H and O–H groups in total. The third kappa shape index (κ3) is 5.83. The Labute approximate surface area is 147 Å². The van der Waals surface area contributed by atoms with E-state index in [9.17, 15) is 9.90 Å². The lowest BCUT2D eigenvalue weighted by atomic mass is 10.2. The highest BCUT2D eigenvalue weighted by atomic mass is 16.3. The van der Waals surface area contributed by atoms with E-state index in [1.54, 1.807) is 23.0 Å². The molecule has 1 aromatic heterocycles. The van der Waals surface area contributed by atoms with Gasteiger partial charge in [0, 0.05) is 38.4 Å². The van der Waals surface area contributed by atoms with Gasteiger partial charge in [-0.2, -0.15) is 5.10 Å². The summed E-state index contributed by atoms with van der Waals surface area (Å²) < 4.78 is 1.78. The number of nitrogens with zero attached hydrogens (tertiary/aromatic N) is 3. The van der Waals surface area contributed by atoms with Crippen LogP contribution in [-0.2, 0) is 13.6 Å². The summed E-state index contributed by atoms with van der Waals surface area (Å²) in [6.45, 7) is 4.26. The van der Waals surface area contributed by atoms with E-state index in [4.69, 9.17) is 0 Å². The van der Waals surface area contributed by atoms with E-state index in [-0.39, 0.29) is 11.7 Å². The molecular weight excluding hydrogens is 320 g/mol. The number of rotatable bonds is 7. The second kappa shape index (κ2) is 9.31. The van der Waals surface area contributed by atoms with Gasteiger partial charge in [0.15, 0.2) is 5.96 Å². The molecule has 0 radical (unpaired) electrons. The molecule has 8 heteroatoms. The van der Waals surface area contributed by atoms with Gasteiger partial charge in [0.25, 0.3) is 5.91 Å². The van der Waals surface area contributed by atoms with Gasteiger partial charge < -0.3 is 21.1 Å². The van der Waals surface area contributed by atoms with Crippen molar-refractivity contribution < 1.29 is 9.90 Å². The van der Waals surface area contributed by atoms with Crippen LogP contribution in [0.2, 0.25) is 0 Å². The molecule has 0 aliphatic heterocycles. The first-order chi connectivity index (χ1) is 12.1. The standard InChI is InChI=1S/C17H24N6O2/c1-3-18-17(21-12-14-8-9-22-23(14)2)20-11-10-19-16(25)13-4-6-15(24)7-5-13/h4-9,24H,3,10-12H2,1-2H3,(H,19,25)(H2,18,20,21). The maximum absolute atomic E-state index is 12.0. The number of amides is 1. The molecule has 0 atom stereocenters. The first kappa shape index (κ1) is 18.3. The van der Waals surface area contributed by atoms with E-state index in [0.29, 0.717) is 31.2 Å². The number of aryl methyl sites for hydroxylation is 1. The lowest BCUT2D eigenvalue weighted by molar-refractivity contribution is 0.0954. The van der Waals surface area contributed by atoms with Gasteiger partial charge in [0.05, 0.1) is 12.2 Å². The quantitative estimate of drug-likeness (QED) is 0.335. The minimum atomic E-state index is -0.182. The second-order valence-corrected chi connectivity index (χ2v) is 5.37. The van der Waals surface area contributed by atoms with Crippen molar-refractivity contribution in [3.05, 3.63) is 47.8 Å². The normalized spacial score (nSPS) is 11.2. The highest BCUT2D eigenvalue weighted by molar-refractivity contribution is 5.94. The van der Waals surface area contributed by atoms with E-state index >= 15 is 0 Å². The first-order valence-electron chi connectivity index (χ1n) is 8.16. The highest BCUT2D eigenvalue weighted by Crippen LogP contribution is 2.09. The van der Waals surface area contributed by atoms with Crippen LogP contribution in [0.4, 0.5) is 0 Å². The number of benzene rings is 1. The van der Waals surface area contributed by atoms with Crippen molar-refractivity contribution in [3.8, 4) is 5.75 Å². The molecule has 0 unspecified atom stereocenters.